The Kier molecular flexibility index (Phi) is 8.35. The van der Waals surface area contributed by atoms with Gasteiger partial charge in [0.25, 0.3) is 0 Å². The van der Waals surface area contributed by atoms with Crippen LogP contribution in [-0.2, 0) is 22.6 Å². The predicted octanol–water partition coefficient (Wildman–Crippen LogP) is 4.76. The highest BCUT2D eigenvalue weighted by Crippen LogP contribution is 2.21. The fourth-order valence-corrected chi connectivity index (χ4v) is 4.22. The van der Waals surface area contributed by atoms with Gasteiger partial charge < -0.3 is 15.0 Å². The minimum Gasteiger partial charge on any atom is -0.497 e. The van der Waals surface area contributed by atoms with Gasteiger partial charge in [0.05, 0.1) is 13.5 Å². The average Bonchev–Trinajstić information content (AvgIpc) is 3.28. The SMILES string of the molecule is CCC(C(=O)NC1CCCC1)N(Cc1ccc(OC)cc1)C(=O)Cc1ccc(Cl)cc1. The van der Waals surface area contributed by atoms with E-state index in [1.54, 1.807) is 24.1 Å². The second-order valence-electron chi connectivity index (χ2n) is 8.09. The topological polar surface area (TPSA) is 58.6 Å². The van der Waals surface area contributed by atoms with Crippen molar-refractivity contribution in [2.45, 2.75) is 64.1 Å². The zero-order valence-electron chi connectivity index (χ0n) is 18.3. The Labute approximate surface area is 189 Å². The Bertz CT molecular complexity index is 861. The fourth-order valence-electron chi connectivity index (χ4n) is 4.09. The van der Waals surface area contributed by atoms with E-state index >= 15 is 0 Å². The van der Waals surface area contributed by atoms with Gasteiger partial charge >= 0.3 is 0 Å². The van der Waals surface area contributed by atoms with E-state index in [2.05, 4.69) is 5.32 Å². The molecule has 1 saturated carbocycles. The maximum absolute atomic E-state index is 13.4. The third kappa shape index (κ3) is 6.47. The van der Waals surface area contributed by atoms with E-state index < -0.39 is 6.04 Å². The van der Waals surface area contributed by atoms with E-state index in [9.17, 15) is 9.59 Å². The molecule has 1 aliphatic carbocycles. The van der Waals surface area contributed by atoms with Crippen molar-refractivity contribution in [1.82, 2.24) is 10.2 Å². The molecule has 0 heterocycles. The molecule has 2 aromatic carbocycles. The molecule has 5 nitrogen and oxygen atoms in total. The minimum absolute atomic E-state index is 0.0626. The number of nitrogens with one attached hydrogen (secondary N) is 1. The number of hydrogen-bond donors (Lipinski definition) is 1. The molecule has 1 N–H and O–H groups in total. The summed E-state index contributed by atoms with van der Waals surface area (Å²) in [5.74, 6) is 0.618. The maximum Gasteiger partial charge on any atom is 0.243 e. The van der Waals surface area contributed by atoms with E-state index in [-0.39, 0.29) is 24.3 Å². The molecule has 6 heteroatoms. The van der Waals surface area contributed by atoms with Crippen molar-refractivity contribution < 1.29 is 14.3 Å². The molecule has 1 aliphatic rings. The smallest absolute Gasteiger partial charge is 0.243 e. The Hall–Kier alpha value is -2.53. The maximum atomic E-state index is 13.4. The lowest BCUT2D eigenvalue weighted by atomic mass is 10.1. The standard InChI is InChI=1S/C25H31ClN2O3/c1-3-23(25(30)27-21-6-4-5-7-21)28(17-19-10-14-22(31-2)15-11-19)24(29)16-18-8-12-20(26)13-9-18/h8-15,21,23H,3-7,16-17H2,1-2H3,(H,27,30). The largest absolute Gasteiger partial charge is 0.497 e. The number of rotatable bonds is 9. The van der Waals surface area contributed by atoms with Crippen molar-refractivity contribution in [2.24, 2.45) is 0 Å². The average molecular weight is 443 g/mol. The fraction of sp³-hybridized carbons (Fsp3) is 0.440. The van der Waals surface area contributed by atoms with Crippen LogP contribution < -0.4 is 10.1 Å². The summed E-state index contributed by atoms with van der Waals surface area (Å²) in [5, 5.41) is 3.80. The summed E-state index contributed by atoms with van der Waals surface area (Å²) in [6.45, 7) is 2.32. The van der Waals surface area contributed by atoms with Crippen LogP contribution in [0.4, 0.5) is 0 Å². The lowest BCUT2D eigenvalue weighted by Gasteiger charge is -2.31. The summed E-state index contributed by atoms with van der Waals surface area (Å²) in [5.41, 5.74) is 1.83. The number of halogens is 1. The van der Waals surface area contributed by atoms with Crippen molar-refractivity contribution in [1.29, 1.82) is 0 Å². The third-order valence-electron chi connectivity index (χ3n) is 5.87. The van der Waals surface area contributed by atoms with Crippen LogP contribution in [0.3, 0.4) is 0 Å². The number of benzene rings is 2. The molecule has 166 valence electrons. The molecule has 31 heavy (non-hydrogen) atoms. The van der Waals surface area contributed by atoms with Crippen LogP contribution in [0.2, 0.25) is 5.02 Å². The molecular weight excluding hydrogens is 412 g/mol. The Balaban J connectivity index is 1.80. The van der Waals surface area contributed by atoms with Gasteiger partial charge in [0.15, 0.2) is 0 Å². The number of hydrogen-bond acceptors (Lipinski definition) is 3. The molecule has 0 aromatic heterocycles. The number of nitrogens with zero attached hydrogens (tertiary/aromatic N) is 1. The molecule has 3 rings (SSSR count). The minimum atomic E-state index is -0.512. The van der Waals surface area contributed by atoms with E-state index in [1.165, 1.54) is 0 Å². The van der Waals surface area contributed by atoms with E-state index in [4.69, 9.17) is 16.3 Å². The van der Waals surface area contributed by atoms with Crippen molar-refractivity contribution in [3.05, 3.63) is 64.7 Å². The number of methoxy groups -OCH3 is 1. The molecule has 1 fully saturated rings. The van der Waals surface area contributed by atoms with E-state index in [0.717, 1.165) is 42.6 Å². The Morgan fingerprint density at radius 2 is 1.68 bits per heavy atom. The third-order valence-corrected chi connectivity index (χ3v) is 6.12. The molecule has 0 spiro atoms. The molecular formula is C25H31ClN2O3. The van der Waals surface area contributed by atoms with Gasteiger partial charge in [-0.25, -0.2) is 0 Å². The molecule has 0 saturated heterocycles. The second kappa shape index (κ2) is 11.2. The van der Waals surface area contributed by atoms with Crippen LogP contribution in [0, 0.1) is 0 Å². The zero-order valence-corrected chi connectivity index (χ0v) is 19.0. The monoisotopic (exact) mass is 442 g/mol. The van der Waals surface area contributed by atoms with Crippen LogP contribution in [0.25, 0.3) is 0 Å². The van der Waals surface area contributed by atoms with Crippen molar-refractivity contribution >= 4 is 23.4 Å². The number of ether oxygens (including phenoxy) is 1. The molecule has 1 atom stereocenters. The van der Waals surface area contributed by atoms with Crippen LogP contribution in [-0.4, -0.2) is 35.9 Å². The van der Waals surface area contributed by atoms with Crippen LogP contribution in [0.15, 0.2) is 48.5 Å². The van der Waals surface area contributed by atoms with Crippen LogP contribution >= 0.6 is 11.6 Å². The molecule has 1 unspecified atom stereocenters. The van der Waals surface area contributed by atoms with Gasteiger partial charge in [-0.1, -0.05) is 55.6 Å². The first-order valence-electron chi connectivity index (χ1n) is 11.0. The normalized spacial score (nSPS) is 14.8. The van der Waals surface area contributed by atoms with Crippen molar-refractivity contribution in [3.63, 3.8) is 0 Å². The molecule has 0 aliphatic heterocycles. The van der Waals surface area contributed by atoms with Gasteiger partial charge in [-0.3, -0.25) is 9.59 Å². The van der Waals surface area contributed by atoms with E-state index in [0.29, 0.717) is 18.0 Å². The highest BCUT2D eigenvalue weighted by molar-refractivity contribution is 6.30. The van der Waals surface area contributed by atoms with E-state index in [1.807, 2.05) is 43.3 Å². The summed E-state index contributed by atoms with van der Waals surface area (Å²) in [6, 6.07) is 14.6. The molecule has 2 amide bonds. The first-order chi connectivity index (χ1) is 15.0. The second-order valence-corrected chi connectivity index (χ2v) is 8.52. The van der Waals surface area contributed by atoms with Gasteiger partial charge in [-0.15, -0.1) is 0 Å². The van der Waals surface area contributed by atoms with Crippen molar-refractivity contribution in [3.8, 4) is 5.75 Å². The summed E-state index contributed by atoms with van der Waals surface area (Å²) in [6.07, 6.45) is 5.10. The van der Waals surface area contributed by atoms with Gasteiger partial charge in [0.2, 0.25) is 11.8 Å². The lowest BCUT2D eigenvalue weighted by Crippen LogP contribution is -2.51. The number of carbonyl (C=O) groups excluding carboxylic acids is 2. The summed E-state index contributed by atoms with van der Waals surface area (Å²) in [4.78, 5) is 28.2. The highest BCUT2D eigenvalue weighted by atomic mass is 35.5. The predicted molar refractivity (Wildman–Crippen MR) is 123 cm³/mol. The lowest BCUT2D eigenvalue weighted by molar-refractivity contribution is -0.141. The molecule has 0 bridgehead atoms. The van der Waals surface area contributed by atoms with Crippen LogP contribution in [0.5, 0.6) is 5.75 Å². The summed E-state index contributed by atoms with van der Waals surface area (Å²) in [7, 11) is 1.62. The molecule has 0 radical (unpaired) electrons. The van der Waals surface area contributed by atoms with Gasteiger partial charge in [0, 0.05) is 17.6 Å². The van der Waals surface area contributed by atoms with Gasteiger partial charge in [-0.2, -0.15) is 0 Å². The summed E-state index contributed by atoms with van der Waals surface area (Å²) >= 11 is 5.98. The quantitative estimate of drug-likeness (QED) is 0.609. The van der Waals surface area contributed by atoms with Gasteiger partial charge in [0.1, 0.15) is 11.8 Å². The number of amides is 2. The Morgan fingerprint density at radius 3 is 2.26 bits per heavy atom. The van der Waals surface area contributed by atoms with Crippen LogP contribution in [0.1, 0.15) is 50.2 Å². The first-order valence-corrected chi connectivity index (χ1v) is 11.3. The zero-order chi connectivity index (χ0) is 22.2. The first kappa shape index (κ1) is 23.1. The summed E-state index contributed by atoms with van der Waals surface area (Å²) < 4.78 is 5.24. The molecule has 2 aromatic rings. The Morgan fingerprint density at radius 1 is 1.06 bits per heavy atom. The van der Waals surface area contributed by atoms with Gasteiger partial charge in [-0.05, 0) is 54.7 Å². The highest BCUT2D eigenvalue weighted by Gasteiger charge is 2.30. The number of carbonyl (C=O) groups is 2. The van der Waals surface area contributed by atoms with Crippen molar-refractivity contribution in [2.75, 3.05) is 7.11 Å².